The summed E-state index contributed by atoms with van der Waals surface area (Å²) < 4.78 is 22.5. The lowest BCUT2D eigenvalue weighted by atomic mass is 9.83. The molecule has 0 bridgehead atoms. The van der Waals surface area contributed by atoms with E-state index in [1.165, 1.54) is 0 Å². The van der Waals surface area contributed by atoms with E-state index in [-0.39, 0.29) is 5.88 Å². The molecule has 3 aromatic rings. The maximum atomic E-state index is 12.7. The van der Waals surface area contributed by atoms with Crippen molar-refractivity contribution in [1.29, 1.82) is 5.26 Å². The lowest BCUT2D eigenvalue weighted by molar-refractivity contribution is 0.0734. The fourth-order valence-corrected chi connectivity index (χ4v) is 3.85. The molecule has 2 N–H and O–H groups in total. The Labute approximate surface area is 210 Å². The standard InChI is InChI=1S/C29H26N2O5/c1-3-14-33-21-10-8-19(9-11-21)29(32)35-23-12-13-24-26(17-23)36-28(31)25(18-30)27(24)20-6-5-7-22(16-20)34-15-4-2/h4-13,16-17,27H,2-3,14-15,31H2,1H3. The molecule has 0 amide bonds. The summed E-state index contributed by atoms with van der Waals surface area (Å²) in [5.41, 5.74) is 8.33. The molecule has 1 atom stereocenters. The lowest BCUT2D eigenvalue weighted by Gasteiger charge is -2.27. The van der Waals surface area contributed by atoms with Crippen LogP contribution in [-0.4, -0.2) is 19.2 Å². The van der Waals surface area contributed by atoms with Crippen LogP contribution in [0.4, 0.5) is 0 Å². The van der Waals surface area contributed by atoms with E-state index in [0.717, 1.165) is 17.5 Å². The van der Waals surface area contributed by atoms with Crippen LogP contribution < -0.4 is 24.7 Å². The zero-order chi connectivity index (χ0) is 25.5. The average Bonchev–Trinajstić information content (AvgIpc) is 2.90. The highest BCUT2D eigenvalue weighted by Crippen LogP contribution is 2.44. The fraction of sp³-hybridized carbons (Fsp3) is 0.172. The first-order valence-electron chi connectivity index (χ1n) is 11.5. The molecule has 36 heavy (non-hydrogen) atoms. The first kappa shape index (κ1) is 24.4. The van der Waals surface area contributed by atoms with Gasteiger partial charge in [0, 0.05) is 11.6 Å². The maximum absolute atomic E-state index is 12.7. The van der Waals surface area contributed by atoms with Crippen LogP contribution in [0.5, 0.6) is 23.0 Å². The Morgan fingerprint density at radius 1 is 1.08 bits per heavy atom. The molecule has 0 fully saturated rings. The van der Waals surface area contributed by atoms with Crippen LogP contribution in [-0.2, 0) is 0 Å². The molecule has 3 aromatic carbocycles. The van der Waals surface area contributed by atoms with E-state index in [9.17, 15) is 10.1 Å². The van der Waals surface area contributed by atoms with Gasteiger partial charge in [0.05, 0.1) is 18.1 Å². The predicted molar refractivity (Wildman–Crippen MR) is 135 cm³/mol. The number of nitriles is 1. The summed E-state index contributed by atoms with van der Waals surface area (Å²) in [6, 6.07) is 21.4. The minimum atomic E-state index is -0.516. The Balaban J connectivity index is 1.59. The molecular formula is C29H26N2O5. The van der Waals surface area contributed by atoms with Crippen molar-refractivity contribution in [2.24, 2.45) is 5.73 Å². The van der Waals surface area contributed by atoms with Gasteiger partial charge in [0.25, 0.3) is 0 Å². The van der Waals surface area contributed by atoms with Gasteiger partial charge in [-0.2, -0.15) is 5.26 Å². The van der Waals surface area contributed by atoms with E-state index < -0.39 is 11.9 Å². The van der Waals surface area contributed by atoms with Gasteiger partial charge in [-0.25, -0.2) is 4.79 Å². The molecule has 0 aliphatic carbocycles. The summed E-state index contributed by atoms with van der Waals surface area (Å²) in [4.78, 5) is 12.7. The summed E-state index contributed by atoms with van der Waals surface area (Å²) in [7, 11) is 0. The van der Waals surface area contributed by atoms with Gasteiger partial charge in [0.15, 0.2) is 0 Å². The van der Waals surface area contributed by atoms with Crippen LogP contribution in [0.2, 0.25) is 0 Å². The van der Waals surface area contributed by atoms with Gasteiger partial charge < -0.3 is 24.7 Å². The largest absolute Gasteiger partial charge is 0.494 e. The van der Waals surface area contributed by atoms with Gasteiger partial charge in [-0.3, -0.25) is 0 Å². The van der Waals surface area contributed by atoms with Gasteiger partial charge in [-0.1, -0.05) is 37.8 Å². The number of nitrogens with two attached hydrogens (primary N) is 1. The molecule has 0 aromatic heterocycles. The van der Waals surface area contributed by atoms with Crippen LogP contribution in [0.1, 0.15) is 40.7 Å². The third-order valence-corrected chi connectivity index (χ3v) is 5.52. The SMILES string of the molecule is C=CCOc1cccc(C2C(C#N)=C(N)Oc3cc(OC(=O)c4ccc(OCCC)cc4)ccc32)c1. The summed E-state index contributed by atoms with van der Waals surface area (Å²) in [6.07, 6.45) is 2.56. The molecule has 1 aliphatic rings. The Hall–Kier alpha value is -4.70. The van der Waals surface area contributed by atoms with E-state index in [4.69, 9.17) is 24.7 Å². The topological polar surface area (TPSA) is 104 Å². The Morgan fingerprint density at radius 3 is 2.58 bits per heavy atom. The van der Waals surface area contributed by atoms with Gasteiger partial charge in [-0.05, 0) is 54.4 Å². The number of ether oxygens (including phenoxy) is 4. The van der Waals surface area contributed by atoms with Crippen molar-refractivity contribution in [3.05, 3.63) is 108 Å². The van der Waals surface area contributed by atoms with Crippen molar-refractivity contribution in [2.75, 3.05) is 13.2 Å². The van der Waals surface area contributed by atoms with Gasteiger partial charge in [-0.15, -0.1) is 0 Å². The summed E-state index contributed by atoms with van der Waals surface area (Å²) in [6.45, 7) is 6.66. The van der Waals surface area contributed by atoms with Crippen molar-refractivity contribution in [1.82, 2.24) is 0 Å². The molecule has 7 nitrogen and oxygen atoms in total. The minimum absolute atomic E-state index is 0.00134. The Kier molecular flexibility index (Phi) is 7.57. The number of hydrogen-bond donors (Lipinski definition) is 1. The molecule has 1 unspecified atom stereocenters. The Morgan fingerprint density at radius 2 is 1.86 bits per heavy atom. The third kappa shape index (κ3) is 5.34. The molecular weight excluding hydrogens is 456 g/mol. The first-order chi connectivity index (χ1) is 17.5. The van der Waals surface area contributed by atoms with Gasteiger partial charge >= 0.3 is 5.97 Å². The molecule has 1 aliphatic heterocycles. The van der Waals surface area contributed by atoms with Crippen molar-refractivity contribution in [3.63, 3.8) is 0 Å². The van der Waals surface area contributed by atoms with Gasteiger partial charge in [0.1, 0.15) is 41.2 Å². The number of rotatable bonds is 9. The molecule has 0 radical (unpaired) electrons. The van der Waals surface area contributed by atoms with Crippen LogP contribution >= 0.6 is 0 Å². The molecule has 4 rings (SSSR count). The number of carbonyl (C=O) groups is 1. The van der Waals surface area contributed by atoms with Crippen molar-refractivity contribution >= 4 is 5.97 Å². The smallest absolute Gasteiger partial charge is 0.343 e. The number of carbonyl (C=O) groups excluding carboxylic acids is 1. The van der Waals surface area contributed by atoms with Crippen LogP contribution in [0.15, 0.2) is 90.8 Å². The second-order valence-electron chi connectivity index (χ2n) is 8.06. The van der Waals surface area contributed by atoms with Crippen LogP contribution in [0, 0.1) is 11.3 Å². The number of hydrogen-bond acceptors (Lipinski definition) is 7. The third-order valence-electron chi connectivity index (χ3n) is 5.52. The van der Waals surface area contributed by atoms with Crippen molar-refractivity contribution in [3.8, 4) is 29.1 Å². The average molecular weight is 483 g/mol. The van der Waals surface area contributed by atoms with E-state index >= 15 is 0 Å². The zero-order valence-corrected chi connectivity index (χ0v) is 19.9. The van der Waals surface area contributed by atoms with Gasteiger partial charge in [0.2, 0.25) is 5.88 Å². The molecule has 0 spiro atoms. The quantitative estimate of drug-likeness (QED) is 0.245. The highest BCUT2D eigenvalue weighted by Gasteiger charge is 2.31. The minimum Gasteiger partial charge on any atom is -0.494 e. The van der Waals surface area contributed by atoms with E-state index in [0.29, 0.717) is 47.3 Å². The van der Waals surface area contributed by atoms with Crippen molar-refractivity contribution < 1.29 is 23.7 Å². The summed E-state index contributed by atoms with van der Waals surface area (Å²) in [5.74, 6) is 1.05. The number of esters is 1. The van der Waals surface area contributed by atoms with E-state index in [1.54, 1.807) is 48.5 Å². The first-order valence-corrected chi connectivity index (χ1v) is 11.5. The predicted octanol–water partition coefficient (Wildman–Crippen LogP) is 5.48. The molecule has 0 saturated carbocycles. The maximum Gasteiger partial charge on any atom is 0.343 e. The number of nitrogens with zero attached hydrogens (tertiary/aromatic N) is 1. The molecule has 7 heteroatoms. The number of allylic oxidation sites excluding steroid dienone is 1. The number of fused-ring (bicyclic) bond motifs is 1. The summed E-state index contributed by atoms with van der Waals surface area (Å²) >= 11 is 0. The number of benzene rings is 3. The van der Waals surface area contributed by atoms with Crippen LogP contribution in [0.25, 0.3) is 0 Å². The normalized spacial score (nSPS) is 14.2. The zero-order valence-electron chi connectivity index (χ0n) is 19.9. The molecule has 182 valence electrons. The molecule has 1 heterocycles. The van der Waals surface area contributed by atoms with Crippen molar-refractivity contribution in [2.45, 2.75) is 19.3 Å². The second kappa shape index (κ2) is 11.2. The lowest BCUT2D eigenvalue weighted by Crippen LogP contribution is -2.21. The second-order valence-corrected chi connectivity index (χ2v) is 8.06. The van der Waals surface area contributed by atoms with E-state index in [2.05, 4.69) is 12.6 Å². The Bertz CT molecular complexity index is 1340. The monoisotopic (exact) mass is 482 g/mol. The fourth-order valence-electron chi connectivity index (χ4n) is 3.85. The van der Waals surface area contributed by atoms with E-state index in [1.807, 2.05) is 31.2 Å². The summed E-state index contributed by atoms with van der Waals surface area (Å²) in [5, 5.41) is 9.81. The highest BCUT2D eigenvalue weighted by atomic mass is 16.5. The van der Waals surface area contributed by atoms with Crippen LogP contribution in [0.3, 0.4) is 0 Å². The molecule has 0 saturated heterocycles. The highest BCUT2D eigenvalue weighted by molar-refractivity contribution is 5.91.